The van der Waals surface area contributed by atoms with Crippen LogP contribution in [0.25, 0.3) is 88.7 Å². The van der Waals surface area contributed by atoms with Crippen LogP contribution in [0.5, 0.6) is 0 Å². The Labute approximate surface area is 266 Å². The largest absolute Gasteiger partial charge is 0.264 e. The lowest BCUT2D eigenvalue weighted by atomic mass is 9.92. The highest BCUT2D eigenvalue weighted by molar-refractivity contribution is 6.25. The molecule has 0 atom stereocenters. The summed E-state index contributed by atoms with van der Waals surface area (Å²) in [4.78, 5) is 19.7. The average molecular weight is 587 g/mol. The van der Waals surface area contributed by atoms with Gasteiger partial charge in [-0.2, -0.15) is 0 Å². The van der Waals surface area contributed by atoms with Crippen molar-refractivity contribution >= 4 is 32.3 Å². The van der Waals surface area contributed by atoms with Crippen molar-refractivity contribution < 1.29 is 0 Å². The average Bonchev–Trinajstić information content (AvgIpc) is 3.14. The number of hydrogen-bond donors (Lipinski definition) is 0. The summed E-state index contributed by atoms with van der Waals surface area (Å²) in [5.74, 6) is 1.91. The first-order valence-electron chi connectivity index (χ1n) is 15.4. The quantitative estimate of drug-likeness (QED) is 0.188. The Morgan fingerprint density at radius 1 is 0.348 bits per heavy atom. The third kappa shape index (κ3) is 4.47. The lowest BCUT2D eigenvalue weighted by molar-refractivity contribution is 1.08. The third-order valence-corrected chi connectivity index (χ3v) is 8.75. The molecule has 9 rings (SSSR count). The number of aromatic nitrogens is 4. The van der Waals surface area contributed by atoms with Crippen LogP contribution >= 0.6 is 0 Å². The fraction of sp³-hybridized carbons (Fsp3) is 0. The molecule has 46 heavy (non-hydrogen) atoms. The summed E-state index contributed by atoms with van der Waals surface area (Å²) in [5.41, 5.74) is 7.20. The van der Waals surface area contributed by atoms with E-state index in [2.05, 4.69) is 132 Å². The number of hydrogen-bond acceptors (Lipinski definition) is 4. The molecule has 0 aliphatic heterocycles. The number of pyridine rings is 1. The maximum Gasteiger partial charge on any atom is 0.164 e. The van der Waals surface area contributed by atoms with Gasteiger partial charge in [-0.3, -0.25) is 4.98 Å². The molecule has 7 aromatic carbocycles. The van der Waals surface area contributed by atoms with E-state index in [1.165, 1.54) is 26.9 Å². The van der Waals surface area contributed by atoms with Crippen molar-refractivity contribution in [2.24, 2.45) is 0 Å². The second-order valence-corrected chi connectivity index (χ2v) is 11.5. The van der Waals surface area contributed by atoms with Gasteiger partial charge >= 0.3 is 0 Å². The molecule has 0 unspecified atom stereocenters. The van der Waals surface area contributed by atoms with E-state index in [-0.39, 0.29) is 0 Å². The summed E-state index contributed by atoms with van der Waals surface area (Å²) >= 11 is 0. The first kappa shape index (κ1) is 26.2. The molecular weight excluding hydrogens is 560 g/mol. The maximum absolute atomic E-state index is 5.16. The van der Waals surface area contributed by atoms with Crippen molar-refractivity contribution in [2.45, 2.75) is 0 Å². The van der Waals surface area contributed by atoms with Gasteiger partial charge in [-0.05, 0) is 73.3 Å². The van der Waals surface area contributed by atoms with E-state index in [1.54, 1.807) is 6.20 Å². The van der Waals surface area contributed by atoms with Gasteiger partial charge in [0.15, 0.2) is 17.5 Å². The van der Waals surface area contributed by atoms with Gasteiger partial charge in [0, 0.05) is 34.6 Å². The number of benzene rings is 7. The molecule has 4 heteroatoms. The Morgan fingerprint density at radius 3 is 1.59 bits per heavy atom. The molecular formula is C42H26N4. The van der Waals surface area contributed by atoms with E-state index in [0.29, 0.717) is 17.5 Å². The molecule has 4 nitrogen and oxygen atoms in total. The molecule has 0 fully saturated rings. The van der Waals surface area contributed by atoms with Crippen LogP contribution in [0.3, 0.4) is 0 Å². The van der Waals surface area contributed by atoms with E-state index in [4.69, 9.17) is 15.0 Å². The Hall–Kier alpha value is -6.26. The van der Waals surface area contributed by atoms with Crippen LogP contribution in [0, 0.1) is 0 Å². The highest BCUT2D eigenvalue weighted by Crippen LogP contribution is 2.39. The molecule has 0 radical (unpaired) electrons. The lowest BCUT2D eigenvalue weighted by Crippen LogP contribution is -2.01. The van der Waals surface area contributed by atoms with Gasteiger partial charge in [0.1, 0.15) is 0 Å². The Balaban J connectivity index is 1.28. The fourth-order valence-corrected chi connectivity index (χ4v) is 6.52. The topological polar surface area (TPSA) is 51.6 Å². The second-order valence-electron chi connectivity index (χ2n) is 11.5. The van der Waals surface area contributed by atoms with E-state index in [9.17, 15) is 0 Å². The summed E-state index contributed by atoms with van der Waals surface area (Å²) in [5, 5.41) is 7.31. The molecule has 2 heterocycles. The second kappa shape index (κ2) is 10.7. The van der Waals surface area contributed by atoms with Crippen molar-refractivity contribution in [3.63, 3.8) is 0 Å². The number of rotatable bonds is 5. The SMILES string of the molecule is c1ccc(-c2cccc(-c3nc(-c4cccc(-c5cccnc5)c4)nc(-c4ccc5ccc6cccc7ccc4c5c67)n3)c2)cc1. The van der Waals surface area contributed by atoms with Crippen LogP contribution in [-0.4, -0.2) is 19.9 Å². The highest BCUT2D eigenvalue weighted by Gasteiger charge is 2.17. The molecule has 0 saturated carbocycles. The van der Waals surface area contributed by atoms with Crippen molar-refractivity contribution in [3.8, 4) is 56.4 Å². The standard InChI is InChI=1S/C42H26N4/c1-2-8-27(9-3-1)31-12-5-14-33(24-31)40-44-41(34-15-6-13-32(25-34)35-16-7-23-43-26-35)46-42(45-40)37-22-20-30-18-17-28-10-4-11-29-19-21-36(37)39(30)38(28)29/h1-26H. The zero-order valence-corrected chi connectivity index (χ0v) is 24.8. The number of nitrogens with zero attached hydrogens (tertiary/aromatic N) is 4. The zero-order valence-electron chi connectivity index (χ0n) is 24.8. The molecule has 2 aromatic heterocycles. The summed E-state index contributed by atoms with van der Waals surface area (Å²) in [6.07, 6.45) is 3.67. The molecule has 214 valence electrons. The van der Waals surface area contributed by atoms with Gasteiger partial charge in [-0.15, -0.1) is 0 Å². The van der Waals surface area contributed by atoms with Crippen molar-refractivity contribution in [1.82, 2.24) is 19.9 Å². The maximum atomic E-state index is 5.16. The van der Waals surface area contributed by atoms with E-state index >= 15 is 0 Å². The Kier molecular flexibility index (Phi) is 6.10. The predicted octanol–water partition coefficient (Wildman–Crippen LogP) is 10.5. The van der Waals surface area contributed by atoms with E-state index in [0.717, 1.165) is 44.3 Å². The van der Waals surface area contributed by atoms with E-state index in [1.807, 2.05) is 24.4 Å². The minimum atomic E-state index is 0.626. The first-order valence-corrected chi connectivity index (χ1v) is 15.4. The third-order valence-electron chi connectivity index (χ3n) is 8.75. The molecule has 0 aliphatic rings. The zero-order chi connectivity index (χ0) is 30.5. The molecule has 0 amide bonds. The Bertz CT molecular complexity index is 2410. The lowest BCUT2D eigenvalue weighted by Gasteiger charge is -2.15. The molecule has 0 bridgehead atoms. The van der Waals surface area contributed by atoms with Gasteiger partial charge < -0.3 is 0 Å². The van der Waals surface area contributed by atoms with Gasteiger partial charge in [-0.1, -0.05) is 121 Å². The normalized spacial score (nSPS) is 11.5. The summed E-state index contributed by atoms with van der Waals surface area (Å²) in [6, 6.07) is 50.8. The fourth-order valence-electron chi connectivity index (χ4n) is 6.52. The first-order chi connectivity index (χ1) is 22.8. The minimum absolute atomic E-state index is 0.626. The van der Waals surface area contributed by atoms with Crippen LogP contribution in [0.15, 0.2) is 158 Å². The van der Waals surface area contributed by atoms with Gasteiger partial charge in [-0.25, -0.2) is 15.0 Å². The smallest absolute Gasteiger partial charge is 0.164 e. The molecule has 0 N–H and O–H groups in total. The van der Waals surface area contributed by atoms with Crippen molar-refractivity contribution in [3.05, 3.63) is 158 Å². The monoisotopic (exact) mass is 586 g/mol. The van der Waals surface area contributed by atoms with Crippen LogP contribution in [-0.2, 0) is 0 Å². The van der Waals surface area contributed by atoms with Crippen LogP contribution in [0.1, 0.15) is 0 Å². The van der Waals surface area contributed by atoms with Gasteiger partial charge in [0.2, 0.25) is 0 Å². The predicted molar refractivity (Wildman–Crippen MR) is 189 cm³/mol. The van der Waals surface area contributed by atoms with Crippen molar-refractivity contribution in [1.29, 1.82) is 0 Å². The summed E-state index contributed by atoms with van der Waals surface area (Å²) in [6.45, 7) is 0. The van der Waals surface area contributed by atoms with Crippen LogP contribution in [0.4, 0.5) is 0 Å². The van der Waals surface area contributed by atoms with Gasteiger partial charge in [0.05, 0.1) is 0 Å². The van der Waals surface area contributed by atoms with Gasteiger partial charge in [0.25, 0.3) is 0 Å². The Morgan fingerprint density at radius 2 is 0.891 bits per heavy atom. The molecule has 0 saturated heterocycles. The van der Waals surface area contributed by atoms with Crippen molar-refractivity contribution in [2.75, 3.05) is 0 Å². The minimum Gasteiger partial charge on any atom is -0.264 e. The summed E-state index contributed by atoms with van der Waals surface area (Å²) < 4.78 is 0. The molecule has 9 aromatic rings. The molecule has 0 spiro atoms. The van der Waals surface area contributed by atoms with Crippen LogP contribution < -0.4 is 0 Å². The van der Waals surface area contributed by atoms with E-state index < -0.39 is 0 Å². The molecule has 0 aliphatic carbocycles. The summed E-state index contributed by atoms with van der Waals surface area (Å²) in [7, 11) is 0. The highest BCUT2D eigenvalue weighted by atomic mass is 15.0. The van der Waals surface area contributed by atoms with Crippen LogP contribution in [0.2, 0.25) is 0 Å².